The van der Waals surface area contributed by atoms with Crippen molar-refractivity contribution in [1.82, 2.24) is 4.31 Å². The van der Waals surface area contributed by atoms with Crippen LogP contribution < -0.4 is 15.0 Å². The lowest BCUT2D eigenvalue weighted by atomic mass is 9.98. The zero-order valence-corrected chi connectivity index (χ0v) is 19.5. The van der Waals surface area contributed by atoms with E-state index in [9.17, 15) is 18.0 Å². The Kier molecular flexibility index (Phi) is 5.41. The van der Waals surface area contributed by atoms with Crippen molar-refractivity contribution in [2.75, 3.05) is 29.9 Å². The molecule has 2 aromatic rings. The van der Waals surface area contributed by atoms with Gasteiger partial charge in [0.1, 0.15) is 5.75 Å². The van der Waals surface area contributed by atoms with Crippen LogP contribution in [-0.4, -0.2) is 50.3 Å². The summed E-state index contributed by atoms with van der Waals surface area (Å²) in [6.07, 6.45) is 1.41. The molecule has 2 aromatic carbocycles. The summed E-state index contributed by atoms with van der Waals surface area (Å²) >= 11 is 0. The molecule has 1 fully saturated rings. The highest BCUT2D eigenvalue weighted by molar-refractivity contribution is 7.89. The molecule has 0 saturated carbocycles. The van der Waals surface area contributed by atoms with Crippen LogP contribution in [0.1, 0.15) is 30.9 Å². The third-order valence-electron chi connectivity index (χ3n) is 6.71. The first-order chi connectivity index (χ1) is 15.8. The number of piperidine rings is 1. The van der Waals surface area contributed by atoms with E-state index in [4.69, 9.17) is 4.74 Å². The second-order valence-corrected chi connectivity index (χ2v) is 10.8. The van der Waals surface area contributed by atoms with Crippen LogP contribution >= 0.6 is 0 Å². The minimum atomic E-state index is -3.84. The van der Waals surface area contributed by atoms with Gasteiger partial charge in [0.25, 0.3) is 5.91 Å². The second kappa shape index (κ2) is 8.14. The van der Waals surface area contributed by atoms with Gasteiger partial charge in [-0.05, 0) is 56.4 Å². The predicted molar refractivity (Wildman–Crippen MR) is 124 cm³/mol. The van der Waals surface area contributed by atoms with Crippen LogP contribution in [0, 0.1) is 12.8 Å². The summed E-state index contributed by atoms with van der Waals surface area (Å²) in [4.78, 5) is 27.2. The van der Waals surface area contributed by atoms with E-state index >= 15 is 0 Å². The van der Waals surface area contributed by atoms with E-state index in [0.717, 1.165) is 17.7 Å². The summed E-state index contributed by atoms with van der Waals surface area (Å²) in [5.74, 6) is -0.321. The third-order valence-corrected chi connectivity index (χ3v) is 8.72. The maximum Gasteiger partial charge on any atom is 0.265 e. The van der Waals surface area contributed by atoms with Gasteiger partial charge in [0.05, 0.1) is 16.5 Å². The zero-order valence-electron chi connectivity index (χ0n) is 18.7. The number of para-hydroxylation sites is 1. The van der Waals surface area contributed by atoms with Crippen molar-refractivity contribution in [3.8, 4) is 5.75 Å². The molecule has 0 spiro atoms. The topological polar surface area (TPSA) is 96.0 Å². The standard InChI is InChI=1S/C24H27N3O5S/c1-15-12-19-21(32-16(2)23(28)25-19)13-22(15)33(30,31)26-10-5-7-18(14-26)24(29)27-11-9-17-6-3-4-8-20(17)27/h3-4,6,8,12-13,16,18H,5,7,9-11,14H2,1-2H3,(H,25,28)/t16-,18-/m1/s1. The molecule has 33 heavy (non-hydrogen) atoms. The number of aryl methyl sites for hydroxylation is 1. The normalized spacial score (nSPS) is 22.8. The zero-order chi connectivity index (χ0) is 23.3. The average Bonchev–Trinajstić information content (AvgIpc) is 3.23. The summed E-state index contributed by atoms with van der Waals surface area (Å²) in [5, 5.41) is 2.75. The number of fused-ring (bicyclic) bond motifs is 2. The number of benzene rings is 2. The van der Waals surface area contributed by atoms with Crippen LogP contribution in [0.5, 0.6) is 5.75 Å². The van der Waals surface area contributed by atoms with E-state index in [2.05, 4.69) is 5.32 Å². The first-order valence-electron chi connectivity index (χ1n) is 11.3. The molecule has 5 rings (SSSR count). The Morgan fingerprint density at radius 2 is 1.97 bits per heavy atom. The maximum atomic E-state index is 13.6. The van der Waals surface area contributed by atoms with Gasteiger partial charge in [-0.3, -0.25) is 9.59 Å². The van der Waals surface area contributed by atoms with Gasteiger partial charge in [-0.25, -0.2) is 8.42 Å². The van der Waals surface area contributed by atoms with Crippen LogP contribution in [-0.2, 0) is 26.0 Å². The number of rotatable bonds is 3. The van der Waals surface area contributed by atoms with Gasteiger partial charge in [0.2, 0.25) is 15.9 Å². The molecule has 2 amide bonds. The number of nitrogens with zero attached hydrogens (tertiary/aromatic N) is 2. The highest BCUT2D eigenvalue weighted by Gasteiger charge is 2.38. The number of sulfonamides is 1. The van der Waals surface area contributed by atoms with Gasteiger partial charge in [-0.1, -0.05) is 18.2 Å². The van der Waals surface area contributed by atoms with Crippen molar-refractivity contribution in [3.63, 3.8) is 0 Å². The number of carbonyl (C=O) groups is 2. The average molecular weight is 470 g/mol. The number of hydrogen-bond acceptors (Lipinski definition) is 5. The summed E-state index contributed by atoms with van der Waals surface area (Å²) in [7, 11) is -3.84. The molecule has 174 valence electrons. The molecule has 0 unspecified atom stereocenters. The summed E-state index contributed by atoms with van der Waals surface area (Å²) in [5.41, 5.74) is 3.07. The third kappa shape index (κ3) is 3.79. The van der Waals surface area contributed by atoms with Gasteiger partial charge < -0.3 is 15.0 Å². The first-order valence-corrected chi connectivity index (χ1v) is 12.7. The molecule has 0 aromatic heterocycles. The van der Waals surface area contributed by atoms with Crippen molar-refractivity contribution in [2.24, 2.45) is 5.92 Å². The number of carbonyl (C=O) groups excluding carboxylic acids is 2. The number of nitrogens with one attached hydrogen (secondary N) is 1. The lowest BCUT2D eigenvalue weighted by Gasteiger charge is -2.34. The fraction of sp³-hybridized carbons (Fsp3) is 0.417. The quantitative estimate of drug-likeness (QED) is 0.746. The molecule has 3 heterocycles. The van der Waals surface area contributed by atoms with Crippen molar-refractivity contribution in [3.05, 3.63) is 47.5 Å². The smallest absolute Gasteiger partial charge is 0.265 e. The van der Waals surface area contributed by atoms with Gasteiger partial charge >= 0.3 is 0 Å². The Hall–Kier alpha value is -2.91. The molecular formula is C24H27N3O5S. The van der Waals surface area contributed by atoms with Crippen LogP contribution in [0.15, 0.2) is 41.3 Å². The van der Waals surface area contributed by atoms with E-state index < -0.39 is 16.1 Å². The highest BCUT2D eigenvalue weighted by atomic mass is 32.2. The van der Waals surface area contributed by atoms with Crippen molar-refractivity contribution in [1.29, 1.82) is 0 Å². The molecule has 1 saturated heterocycles. The number of ether oxygens (including phenoxy) is 1. The monoisotopic (exact) mass is 469 g/mol. The van der Waals surface area contributed by atoms with E-state index in [1.165, 1.54) is 10.4 Å². The Morgan fingerprint density at radius 1 is 1.18 bits per heavy atom. The van der Waals surface area contributed by atoms with Gasteiger partial charge in [-0.2, -0.15) is 4.31 Å². The van der Waals surface area contributed by atoms with E-state index in [1.807, 2.05) is 24.3 Å². The van der Waals surface area contributed by atoms with Crippen molar-refractivity contribution >= 4 is 33.2 Å². The largest absolute Gasteiger partial charge is 0.479 e. The fourth-order valence-corrected chi connectivity index (χ4v) is 6.66. The first kappa shape index (κ1) is 21.9. The Morgan fingerprint density at radius 3 is 2.79 bits per heavy atom. The lowest BCUT2D eigenvalue weighted by molar-refractivity contribution is -0.123. The number of hydrogen-bond donors (Lipinski definition) is 1. The molecule has 9 heteroatoms. The fourth-order valence-electron chi connectivity index (χ4n) is 4.91. The van der Waals surface area contributed by atoms with E-state index in [1.54, 1.807) is 24.8 Å². The highest BCUT2D eigenvalue weighted by Crippen LogP contribution is 2.37. The molecule has 3 aliphatic heterocycles. The maximum absolute atomic E-state index is 13.6. The summed E-state index contributed by atoms with van der Waals surface area (Å²) < 4.78 is 34.2. The molecule has 8 nitrogen and oxygen atoms in total. The van der Waals surface area contributed by atoms with Crippen LogP contribution in [0.4, 0.5) is 11.4 Å². The molecular weight excluding hydrogens is 442 g/mol. The van der Waals surface area contributed by atoms with Crippen LogP contribution in [0.2, 0.25) is 0 Å². The predicted octanol–water partition coefficient (Wildman–Crippen LogP) is 2.70. The molecule has 1 N–H and O–H groups in total. The molecule has 0 bridgehead atoms. The summed E-state index contributed by atoms with van der Waals surface area (Å²) in [6.45, 7) is 4.47. The lowest BCUT2D eigenvalue weighted by Crippen LogP contribution is -2.46. The van der Waals surface area contributed by atoms with Gasteiger partial charge in [0.15, 0.2) is 6.10 Å². The second-order valence-electron chi connectivity index (χ2n) is 8.93. The van der Waals surface area contributed by atoms with Crippen LogP contribution in [0.3, 0.4) is 0 Å². The van der Waals surface area contributed by atoms with Crippen LogP contribution in [0.25, 0.3) is 0 Å². The van der Waals surface area contributed by atoms with Crippen molar-refractivity contribution < 1.29 is 22.7 Å². The van der Waals surface area contributed by atoms with Gasteiger partial charge in [-0.15, -0.1) is 0 Å². The van der Waals surface area contributed by atoms with E-state index in [0.29, 0.717) is 42.9 Å². The Balaban J connectivity index is 1.39. The Bertz CT molecular complexity index is 1240. The van der Waals surface area contributed by atoms with Crippen molar-refractivity contribution in [2.45, 2.75) is 44.1 Å². The Labute approximate surface area is 193 Å². The molecule has 0 radical (unpaired) electrons. The minimum Gasteiger partial charge on any atom is -0.479 e. The van der Waals surface area contributed by atoms with Gasteiger partial charge in [0, 0.05) is 31.4 Å². The van der Waals surface area contributed by atoms with E-state index in [-0.39, 0.29) is 29.2 Å². The molecule has 3 aliphatic rings. The summed E-state index contributed by atoms with van der Waals surface area (Å²) in [6, 6.07) is 11.0. The minimum absolute atomic E-state index is 0.0121. The molecule has 0 aliphatic carbocycles. The SMILES string of the molecule is Cc1cc2c(cc1S(=O)(=O)N1CCC[C@@H](C(=O)N3CCc4ccccc43)C1)O[C@H](C)C(=O)N2. The number of anilines is 2. The number of amides is 2. The molecule has 2 atom stereocenters.